The van der Waals surface area contributed by atoms with Gasteiger partial charge in [-0.2, -0.15) is 0 Å². The van der Waals surface area contributed by atoms with E-state index >= 15 is 0 Å². The fraction of sp³-hybridized carbons (Fsp3) is 0.294. The predicted molar refractivity (Wildman–Crippen MR) is 79.1 cm³/mol. The maximum atomic E-state index is 13.2. The summed E-state index contributed by atoms with van der Waals surface area (Å²) in [6.45, 7) is 2.23. The summed E-state index contributed by atoms with van der Waals surface area (Å²) in [4.78, 5) is 0. The molecular weight excluding hydrogens is 272 g/mol. The summed E-state index contributed by atoms with van der Waals surface area (Å²) in [5.41, 5.74) is 7.58. The van der Waals surface area contributed by atoms with Crippen LogP contribution in [0.4, 0.5) is 8.78 Å². The third-order valence-electron chi connectivity index (χ3n) is 3.36. The molecule has 0 saturated carbocycles. The smallest absolute Gasteiger partial charge is 0.159 e. The summed E-state index contributed by atoms with van der Waals surface area (Å²) < 4.78 is 31.8. The van der Waals surface area contributed by atoms with E-state index in [1.807, 2.05) is 31.2 Å². The molecule has 2 nitrogen and oxygen atoms in total. The fourth-order valence-corrected chi connectivity index (χ4v) is 2.03. The van der Waals surface area contributed by atoms with E-state index < -0.39 is 11.6 Å². The average Bonchev–Trinajstić information content (AvgIpc) is 2.49. The van der Waals surface area contributed by atoms with Crippen LogP contribution in [0.1, 0.15) is 24.5 Å². The van der Waals surface area contributed by atoms with Gasteiger partial charge in [-0.1, -0.05) is 31.2 Å². The van der Waals surface area contributed by atoms with Gasteiger partial charge in [0.1, 0.15) is 12.4 Å². The highest BCUT2D eigenvalue weighted by Gasteiger charge is 2.08. The van der Waals surface area contributed by atoms with Gasteiger partial charge in [0, 0.05) is 6.04 Å². The first-order valence-corrected chi connectivity index (χ1v) is 7.00. The Balaban J connectivity index is 2.07. The van der Waals surface area contributed by atoms with Gasteiger partial charge in [0.2, 0.25) is 0 Å². The van der Waals surface area contributed by atoms with Crippen molar-refractivity contribution in [2.24, 2.45) is 5.73 Å². The van der Waals surface area contributed by atoms with Crippen molar-refractivity contribution in [3.05, 3.63) is 65.2 Å². The van der Waals surface area contributed by atoms with Gasteiger partial charge in [-0.3, -0.25) is 0 Å². The Bertz CT molecular complexity index is 601. The molecule has 0 spiro atoms. The summed E-state index contributed by atoms with van der Waals surface area (Å²) in [5, 5.41) is 0. The molecule has 112 valence electrons. The van der Waals surface area contributed by atoms with E-state index in [1.54, 1.807) is 0 Å². The molecular formula is C17H19F2NO. The molecule has 0 heterocycles. The van der Waals surface area contributed by atoms with Crippen LogP contribution in [0.15, 0.2) is 42.5 Å². The van der Waals surface area contributed by atoms with E-state index in [0.29, 0.717) is 5.56 Å². The van der Waals surface area contributed by atoms with Gasteiger partial charge in [0.25, 0.3) is 0 Å². The fourth-order valence-electron chi connectivity index (χ4n) is 2.03. The molecule has 21 heavy (non-hydrogen) atoms. The quantitative estimate of drug-likeness (QED) is 0.878. The summed E-state index contributed by atoms with van der Waals surface area (Å²) in [5.74, 6) is -0.989. The molecule has 2 aromatic carbocycles. The van der Waals surface area contributed by atoms with Crippen LogP contribution < -0.4 is 10.5 Å². The van der Waals surface area contributed by atoms with Crippen LogP contribution in [0, 0.1) is 11.6 Å². The molecule has 0 radical (unpaired) electrons. The summed E-state index contributed by atoms with van der Waals surface area (Å²) in [6, 6.07) is 11.5. The lowest BCUT2D eigenvalue weighted by molar-refractivity contribution is 0.301. The van der Waals surface area contributed by atoms with Gasteiger partial charge < -0.3 is 10.5 Å². The molecule has 0 fully saturated rings. The topological polar surface area (TPSA) is 35.2 Å². The highest BCUT2D eigenvalue weighted by molar-refractivity contribution is 5.34. The highest BCUT2D eigenvalue weighted by atomic mass is 19.2. The number of para-hydroxylation sites is 1. The molecule has 0 bridgehead atoms. The Morgan fingerprint density at radius 2 is 1.86 bits per heavy atom. The molecule has 4 heteroatoms. The Kier molecular flexibility index (Phi) is 5.28. The maximum Gasteiger partial charge on any atom is 0.159 e. The van der Waals surface area contributed by atoms with Crippen molar-refractivity contribution in [3.63, 3.8) is 0 Å². The lowest BCUT2D eigenvalue weighted by atomic mass is 10.0. The first kappa shape index (κ1) is 15.4. The van der Waals surface area contributed by atoms with Crippen LogP contribution >= 0.6 is 0 Å². The van der Waals surface area contributed by atoms with Gasteiger partial charge in [0.05, 0.1) is 0 Å². The predicted octanol–water partition coefficient (Wildman–Crippen LogP) is 3.82. The number of halogens is 2. The summed E-state index contributed by atoms with van der Waals surface area (Å²) in [6.07, 6.45) is 1.61. The number of benzene rings is 2. The lowest BCUT2D eigenvalue weighted by Gasteiger charge is -2.14. The number of rotatable bonds is 6. The molecule has 2 N–H and O–H groups in total. The van der Waals surface area contributed by atoms with Crippen LogP contribution in [-0.2, 0) is 13.0 Å². The first-order valence-electron chi connectivity index (χ1n) is 7.00. The highest BCUT2D eigenvalue weighted by Crippen LogP contribution is 2.21. The Morgan fingerprint density at radius 3 is 2.57 bits per heavy atom. The number of nitrogens with two attached hydrogens (primary N) is 1. The zero-order valence-corrected chi connectivity index (χ0v) is 12.0. The van der Waals surface area contributed by atoms with Crippen molar-refractivity contribution in [1.82, 2.24) is 0 Å². The van der Waals surface area contributed by atoms with Crippen LogP contribution in [0.3, 0.4) is 0 Å². The van der Waals surface area contributed by atoms with E-state index in [-0.39, 0.29) is 12.6 Å². The molecule has 0 aromatic heterocycles. The van der Waals surface area contributed by atoms with Crippen molar-refractivity contribution >= 4 is 0 Å². The summed E-state index contributed by atoms with van der Waals surface area (Å²) in [7, 11) is 0. The van der Waals surface area contributed by atoms with Crippen LogP contribution in [-0.4, -0.2) is 6.04 Å². The van der Waals surface area contributed by atoms with Crippen molar-refractivity contribution in [2.75, 3.05) is 0 Å². The Hall–Kier alpha value is -1.94. The van der Waals surface area contributed by atoms with Crippen molar-refractivity contribution < 1.29 is 13.5 Å². The molecule has 0 aliphatic rings. The number of ether oxygens (including phenoxy) is 1. The molecule has 1 unspecified atom stereocenters. The SMILES string of the molecule is CCC(N)Cc1ccccc1OCc1ccc(F)c(F)c1. The van der Waals surface area contributed by atoms with Gasteiger partial charge in [-0.25, -0.2) is 8.78 Å². The van der Waals surface area contributed by atoms with Gasteiger partial charge >= 0.3 is 0 Å². The van der Waals surface area contributed by atoms with Crippen LogP contribution in [0.2, 0.25) is 0 Å². The molecule has 0 saturated heterocycles. The molecule has 0 aliphatic carbocycles. The molecule has 2 rings (SSSR count). The second-order valence-electron chi connectivity index (χ2n) is 5.02. The van der Waals surface area contributed by atoms with Crippen molar-refractivity contribution in [2.45, 2.75) is 32.4 Å². The molecule has 0 amide bonds. The Morgan fingerprint density at radius 1 is 1.10 bits per heavy atom. The second kappa shape index (κ2) is 7.18. The maximum absolute atomic E-state index is 13.2. The molecule has 0 aliphatic heterocycles. The first-order chi connectivity index (χ1) is 10.1. The van der Waals surface area contributed by atoms with E-state index in [4.69, 9.17) is 10.5 Å². The minimum atomic E-state index is -0.864. The summed E-state index contributed by atoms with van der Waals surface area (Å²) >= 11 is 0. The third kappa shape index (κ3) is 4.26. The van der Waals surface area contributed by atoms with E-state index in [2.05, 4.69) is 0 Å². The van der Waals surface area contributed by atoms with Crippen LogP contribution in [0.5, 0.6) is 5.75 Å². The number of hydrogen-bond acceptors (Lipinski definition) is 2. The van der Waals surface area contributed by atoms with Gasteiger partial charge in [-0.15, -0.1) is 0 Å². The second-order valence-corrected chi connectivity index (χ2v) is 5.02. The van der Waals surface area contributed by atoms with E-state index in [0.717, 1.165) is 36.3 Å². The van der Waals surface area contributed by atoms with E-state index in [9.17, 15) is 8.78 Å². The van der Waals surface area contributed by atoms with Crippen molar-refractivity contribution in [3.8, 4) is 5.75 Å². The number of hydrogen-bond donors (Lipinski definition) is 1. The standard InChI is InChI=1S/C17H19F2NO/c1-2-14(20)10-13-5-3-4-6-17(13)21-11-12-7-8-15(18)16(19)9-12/h3-9,14H,2,10-11,20H2,1H3. The molecule has 2 aromatic rings. The van der Waals surface area contributed by atoms with E-state index in [1.165, 1.54) is 6.07 Å². The minimum Gasteiger partial charge on any atom is -0.489 e. The zero-order valence-electron chi connectivity index (χ0n) is 12.0. The Labute approximate surface area is 123 Å². The monoisotopic (exact) mass is 291 g/mol. The van der Waals surface area contributed by atoms with Gasteiger partial charge in [-0.05, 0) is 42.2 Å². The average molecular weight is 291 g/mol. The zero-order chi connectivity index (χ0) is 15.2. The molecule has 1 atom stereocenters. The van der Waals surface area contributed by atoms with Gasteiger partial charge in [0.15, 0.2) is 11.6 Å². The van der Waals surface area contributed by atoms with Crippen LogP contribution in [0.25, 0.3) is 0 Å². The van der Waals surface area contributed by atoms with Crippen molar-refractivity contribution in [1.29, 1.82) is 0 Å². The largest absolute Gasteiger partial charge is 0.489 e. The lowest BCUT2D eigenvalue weighted by Crippen LogP contribution is -2.21. The normalized spacial score (nSPS) is 12.2. The third-order valence-corrected chi connectivity index (χ3v) is 3.36. The minimum absolute atomic E-state index is 0.0815.